The van der Waals surface area contributed by atoms with E-state index in [0.29, 0.717) is 25.5 Å². The lowest BCUT2D eigenvalue weighted by atomic mass is 9.78. The Morgan fingerprint density at radius 3 is 2.07 bits per heavy atom. The van der Waals surface area contributed by atoms with Gasteiger partial charge in [-0.1, -0.05) is 38.1 Å². The third-order valence-corrected chi connectivity index (χ3v) is 4.33. The Balaban J connectivity index is 1.87. The highest BCUT2D eigenvalue weighted by Crippen LogP contribution is 2.32. The second-order valence-electron chi connectivity index (χ2n) is 6.62. The van der Waals surface area contributed by atoms with Crippen molar-refractivity contribution in [3.63, 3.8) is 0 Å². The lowest BCUT2D eigenvalue weighted by Gasteiger charge is -2.26. The Hall–Kier alpha value is -2.57. The van der Waals surface area contributed by atoms with Gasteiger partial charge in [0, 0.05) is 18.2 Å². The van der Waals surface area contributed by atoms with Gasteiger partial charge in [-0.3, -0.25) is 5.32 Å². The van der Waals surface area contributed by atoms with Gasteiger partial charge in [-0.2, -0.15) is 0 Å². The van der Waals surface area contributed by atoms with Crippen molar-refractivity contribution in [2.75, 3.05) is 38.9 Å². The van der Waals surface area contributed by atoms with Crippen LogP contribution in [0.2, 0.25) is 0 Å². The molecule has 0 aliphatic heterocycles. The summed E-state index contributed by atoms with van der Waals surface area (Å²) in [6.07, 6.45) is -0.518. The normalized spacial score (nSPS) is 11.2. The molecular weight excluding hydrogens is 346 g/mol. The first-order valence-electron chi connectivity index (χ1n) is 8.84. The zero-order valence-electron chi connectivity index (χ0n) is 16.0. The van der Waals surface area contributed by atoms with Crippen LogP contribution in [0, 0.1) is 0 Å². The molecule has 0 aromatic heterocycles. The van der Waals surface area contributed by atoms with Crippen molar-refractivity contribution in [3.8, 4) is 5.75 Å². The Morgan fingerprint density at radius 2 is 1.48 bits per heavy atom. The second kappa shape index (κ2) is 9.94. The van der Waals surface area contributed by atoms with Crippen molar-refractivity contribution in [3.05, 3.63) is 59.7 Å². The molecule has 0 radical (unpaired) electrons. The number of anilines is 1. The lowest BCUT2D eigenvalue weighted by Crippen LogP contribution is -2.19. The molecule has 0 heterocycles. The summed E-state index contributed by atoms with van der Waals surface area (Å²) in [5.41, 5.74) is 2.62. The molecule has 6 nitrogen and oxygen atoms in total. The first kappa shape index (κ1) is 20.7. The van der Waals surface area contributed by atoms with Crippen LogP contribution in [0.5, 0.6) is 5.75 Å². The van der Waals surface area contributed by atoms with E-state index in [1.165, 1.54) is 0 Å². The SMILES string of the molecule is COCCOCCOC(=O)Nc1ccc(C(C)(C)c2ccc(O)cc2)cc1. The fourth-order valence-corrected chi connectivity index (χ4v) is 2.61. The summed E-state index contributed by atoms with van der Waals surface area (Å²) in [7, 11) is 1.60. The summed E-state index contributed by atoms with van der Waals surface area (Å²) < 4.78 is 15.2. The standard InChI is InChI=1S/C21H27NO5/c1-21(2,17-6-10-19(23)11-7-17)16-4-8-18(9-5-16)22-20(24)27-15-14-26-13-12-25-3/h4-11,23H,12-15H2,1-3H3,(H,22,24). The predicted molar refractivity (Wildman–Crippen MR) is 104 cm³/mol. The van der Waals surface area contributed by atoms with Gasteiger partial charge in [0.1, 0.15) is 12.4 Å². The quantitative estimate of drug-likeness (QED) is 0.651. The fourth-order valence-electron chi connectivity index (χ4n) is 2.61. The van der Waals surface area contributed by atoms with Gasteiger partial charge in [0.15, 0.2) is 0 Å². The number of carbonyl (C=O) groups is 1. The zero-order valence-corrected chi connectivity index (χ0v) is 16.0. The summed E-state index contributed by atoms with van der Waals surface area (Å²) in [5.74, 6) is 0.247. The van der Waals surface area contributed by atoms with Crippen LogP contribution in [0.15, 0.2) is 48.5 Å². The molecule has 0 aliphatic rings. The van der Waals surface area contributed by atoms with Gasteiger partial charge in [0.2, 0.25) is 0 Å². The highest BCUT2D eigenvalue weighted by atomic mass is 16.6. The molecular formula is C21H27NO5. The summed E-state index contributed by atoms with van der Waals surface area (Å²) in [5, 5.41) is 12.2. The number of phenolic OH excluding ortho intramolecular Hbond substituents is 1. The summed E-state index contributed by atoms with van der Waals surface area (Å²) in [6, 6.07) is 14.8. The third kappa shape index (κ3) is 6.27. The van der Waals surface area contributed by atoms with Crippen LogP contribution >= 0.6 is 0 Å². The molecule has 2 N–H and O–H groups in total. The van der Waals surface area contributed by atoms with E-state index in [1.807, 2.05) is 36.4 Å². The van der Waals surface area contributed by atoms with Gasteiger partial charge in [-0.25, -0.2) is 4.79 Å². The molecule has 1 amide bonds. The highest BCUT2D eigenvalue weighted by Gasteiger charge is 2.23. The van der Waals surface area contributed by atoms with Gasteiger partial charge in [0.25, 0.3) is 0 Å². The Labute approximate surface area is 160 Å². The smallest absolute Gasteiger partial charge is 0.411 e. The van der Waals surface area contributed by atoms with Crippen molar-refractivity contribution in [1.29, 1.82) is 0 Å². The molecule has 2 aromatic rings. The molecule has 146 valence electrons. The number of aromatic hydroxyl groups is 1. The summed E-state index contributed by atoms with van der Waals surface area (Å²) in [6.45, 7) is 5.72. The Bertz CT molecular complexity index is 710. The van der Waals surface area contributed by atoms with Crippen molar-refractivity contribution in [2.24, 2.45) is 0 Å². The number of methoxy groups -OCH3 is 1. The molecule has 27 heavy (non-hydrogen) atoms. The molecule has 0 aliphatic carbocycles. The molecule has 0 saturated heterocycles. The maximum atomic E-state index is 11.8. The first-order chi connectivity index (χ1) is 12.9. The largest absolute Gasteiger partial charge is 0.508 e. The summed E-state index contributed by atoms with van der Waals surface area (Å²) >= 11 is 0. The van der Waals surface area contributed by atoms with Crippen LogP contribution in [-0.4, -0.2) is 44.7 Å². The fraction of sp³-hybridized carbons (Fsp3) is 0.381. The highest BCUT2D eigenvalue weighted by molar-refractivity contribution is 5.84. The average Bonchev–Trinajstić information content (AvgIpc) is 2.65. The third-order valence-electron chi connectivity index (χ3n) is 4.33. The van der Waals surface area contributed by atoms with E-state index >= 15 is 0 Å². The molecule has 2 rings (SSSR count). The van der Waals surface area contributed by atoms with E-state index in [4.69, 9.17) is 14.2 Å². The van der Waals surface area contributed by atoms with Gasteiger partial charge >= 0.3 is 6.09 Å². The molecule has 6 heteroatoms. The lowest BCUT2D eigenvalue weighted by molar-refractivity contribution is 0.0447. The molecule has 0 saturated carbocycles. The van der Waals surface area contributed by atoms with E-state index in [9.17, 15) is 9.90 Å². The van der Waals surface area contributed by atoms with Gasteiger partial charge < -0.3 is 19.3 Å². The molecule has 2 aromatic carbocycles. The maximum Gasteiger partial charge on any atom is 0.411 e. The average molecular weight is 373 g/mol. The van der Waals surface area contributed by atoms with Crippen LogP contribution < -0.4 is 5.32 Å². The van der Waals surface area contributed by atoms with E-state index < -0.39 is 6.09 Å². The number of ether oxygens (including phenoxy) is 3. The van der Waals surface area contributed by atoms with Gasteiger partial charge in [0.05, 0.1) is 19.8 Å². The number of hydrogen-bond donors (Lipinski definition) is 2. The van der Waals surface area contributed by atoms with Crippen molar-refractivity contribution < 1.29 is 24.1 Å². The number of nitrogens with one attached hydrogen (secondary N) is 1. The number of amides is 1. The minimum atomic E-state index is -0.518. The Kier molecular flexibility index (Phi) is 7.64. The van der Waals surface area contributed by atoms with E-state index in [0.717, 1.165) is 11.1 Å². The van der Waals surface area contributed by atoms with Gasteiger partial charge in [-0.05, 0) is 35.4 Å². The second-order valence-corrected chi connectivity index (χ2v) is 6.62. The monoisotopic (exact) mass is 373 g/mol. The van der Waals surface area contributed by atoms with Crippen LogP contribution in [0.3, 0.4) is 0 Å². The first-order valence-corrected chi connectivity index (χ1v) is 8.84. The number of benzene rings is 2. The molecule has 0 unspecified atom stereocenters. The molecule has 0 atom stereocenters. The number of carbonyl (C=O) groups excluding carboxylic acids is 1. The van der Waals surface area contributed by atoms with Crippen LogP contribution in [0.25, 0.3) is 0 Å². The minimum Gasteiger partial charge on any atom is -0.508 e. The van der Waals surface area contributed by atoms with Gasteiger partial charge in [-0.15, -0.1) is 0 Å². The maximum absolute atomic E-state index is 11.8. The Morgan fingerprint density at radius 1 is 0.926 bits per heavy atom. The van der Waals surface area contributed by atoms with Crippen LogP contribution in [0.1, 0.15) is 25.0 Å². The topological polar surface area (TPSA) is 77.0 Å². The zero-order chi connectivity index (χ0) is 19.7. The van der Waals surface area contributed by atoms with Crippen molar-refractivity contribution >= 4 is 11.8 Å². The van der Waals surface area contributed by atoms with E-state index in [2.05, 4.69) is 19.2 Å². The van der Waals surface area contributed by atoms with Crippen molar-refractivity contribution in [2.45, 2.75) is 19.3 Å². The number of rotatable bonds is 9. The van der Waals surface area contributed by atoms with Crippen molar-refractivity contribution in [1.82, 2.24) is 0 Å². The summed E-state index contributed by atoms with van der Waals surface area (Å²) in [4.78, 5) is 11.8. The number of hydrogen-bond acceptors (Lipinski definition) is 5. The number of phenols is 1. The van der Waals surface area contributed by atoms with E-state index in [1.54, 1.807) is 19.2 Å². The molecule has 0 spiro atoms. The minimum absolute atomic E-state index is 0.182. The van der Waals surface area contributed by atoms with Crippen LogP contribution in [0.4, 0.5) is 10.5 Å². The predicted octanol–water partition coefficient (Wildman–Crippen LogP) is 3.93. The molecule has 0 fully saturated rings. The molecule has 0 bridgehead atoms. The van der Waals surface area contributed by atoms with Crippen LogP contribution in [-0.2, 0) is 19.6 Å². The van der Waals surface area contributed by atoms with E-state index in [-0.39, 0.29) is 17.8 Å².